The van der Waals surface area contributed by atoms with Gasteiger partial charge in [-0.25, -0.2) is 17.9 Å². The highest BCUT2D eigenvalue weighted by Gasteiger charge is 2.21. The molecular weight excluding hydrogens is 595 g/mol. The summed E-state index contributed by atoms with van der Waals surface area (Å²) >= 11 is 1.58. The summed E-state index contributed by atoms with van der Waals surface area (Å²) in [7, 11) is -4.15. The number of sulfonamides is 1. The van der Waals surface area contributed by atoms with Gasteiger partial charge in [0.1, 0.15) is 5.58 Å². The second kappa shape index (κ2) is 12.7. The van der Waals surface area contributed by atoms with E-state index in [9.17, 15) is 18.3 Å². The number of hydrogen-bond acceptors (Lipinski definition) is 6. The summed E-state index contributed by atoms with van der Waals surface area (Å²) < 4.78 is 36.4. The van der Waals surface area contributed by atoms with Crippen LogP contribution in [0.4, 0.5) is 4.79 Å². The number of aromatic nitrogens is 1. The third-order valence-corrected chi connectivity index (χ3v) is 9.50. The van der Waals surface area contributed by atoms with Crippen LogP contribution in [0.15, 0.2) is 130 Å². The number of hydrogen-bond donors (Lipinski definition) is 3. The fourth-order valence-corrected chi connectivity index (χ4v) is 6.88. The Hall–Kier alpha value is -5.06. The lowest BCUT2D eigenvalue weighted by molar-refractivity contribution is 0.246. The van der Waals surface area contributed by atoms with Gasteiger partial charge in [-0.2, -0.15) is 0 Å². The monoisotopic (exact) mass is 623 g/mol. The Balaban J connectivity index is 1.27. The van der Waals surface area contributed by atoms with Gasteiger partial charge in [-0.15, -0.1) is 11.3 Å². The fourth-order valence-electron chi connectivity index (χ4n) is 5.01. The zero-order chi connectivity index (χ0) is 30.5. The van der Waals surface area contributed by atoms with Crippen molar-refractivity contribution in [3.63, 3.8) is 0 Å². The van der Waals surface area contributed by atoms with Crippen LogP contribution < -0.4 is 10.0 Å². The van der Waals surface area contributed by atoms with Crippen molar-refractivity contribution >= 4 is 49.3 Å². The number of aromatic hydroxyl groups is 1. The van der Waals surface area contributed by atoms with Crippen LogP contribution in [0.25, 0.3) is 33.0 Å². The van der Waals surface area contributed by atoms with Crippen LogP contribution in [-0.4, -0.2) is 30.7 Å². The van der Waals surface area contributed by atoms with E-state index in [1.54, 1.807) is 40.4 Å². The minimum absolute atomic E-state index is 0.00478. The van der Waals surface area contributed by atoms with E-state index in [0.717, 1.165) is 15.8 Å². The van der Waals surface area contributed by atoms with Crippen LogP contribution in [0.1, 0.15) is 10.4 Å². The highest BCUT2D eigenvalue weighted by atomic mass is 32.2. The Bertz CT molecular complexity index is 2100. The Morgan fingerprint density at radius 1 is 0.864 bits per heavy atom. The summed E-state index contributed by atoms with van der Waals surface area (Å²) in [6.45, 7) is 0.642. The summed E-state index contributed by atoms with van der Waals surface area (Å²) in [5.41, 5.74) is 3.31. The highest BCUT2D eigenvalue weighted by molar-refractivity contribution is 7.90. The molecule has 0 aliphatic heterocycles. The molecule has 10 heteroatoms. The molecule has 0 saturated heterocycles. The normalized spacial score (nSPS) is 11.4. The zero-order valence-electron chi connectivity index (χ0n) is 23.5. The van der Waals surface area contributed by atoms with Crippen LogP contribution in [0.5, 0.6) is 5.88 Å². The Morgan fingerprint density at radius 3 is 2.43 bits per heavy atom. The smallest absolute Gasteiger partial charge is 0.328 e. The minimum atomic E-state index is -4.15. The molecule has 3 N–H and O–H groups in total. The summed E-state index contributed by atoms with van der Waals surface area (Å²) in [5, 5.41) is 17.4. The number of para-hydroxylation sites is 2. The van der Waals surface area contributed by atoms with Gasteiger partial charge in [-0.1, -0.05) is 78.9 Å². The second-order valence-corrected chi connectivity index (χ2v) is 12.8. The Kier molecular flexibility index (Phi) is 8.36. The summed E-state index contributed by atoms with van der Waals surface area (Å²) in [5.74, 6) is 0.0906. The zero-order valence-corrected chi connectivity index (χ0v) is 25.1. The molecule has 0 bridgehead atoms. The first-order valence-corrected chi connectivity index (χ1v) is 16.3. The third-order valence-electron chi connectivity index (χ3n) is 7.17. The van der Waals surface area contributed by atoms with E-state index in [1.165, 1.54) is 6.07 Å². The van der Waals surface area contributed by atoms with Crippen molar-refractivity contribution in [2.75, 3.05) is 6.54 Å². The molecule has 2 amide bonds. The van der Waals surface area contributed by atoms with Gasteiger partial charge >= 0.3 is 6.03 Å². The molecule has 0 unspecified atom stereocenters. The van der Waals surface area contributed by atoms with Crippen molar-refractivity contribution in [2.45, 2.75) is 17.9 Å². The van der Waals surface area contributed by atoms with Crippen molar-refractivity contribution in [1.82, 2.24) is 14.6 Å². The van der Waals surface area contributed by atoms with E-state index in [0.29, 0.717) is 47.1 Å². The highest BCUT2D eigenvalue weighted by Crippen LogP contribution is 2.30. The molecule has 2 aromatic heterocycles. The van der Waals surface area contributed by atoms with Gasteiger partial charge in [0.25, 0.3) is 10.0 Å². The van der Waals surface area contributed by atoms with Crippen LogP contribution in [0.2, 0.25) is 0 Å². The van der Waals surface area contributed by atoms with Gasteiger partial charge in [0.05, 0.1) is 23.2 Å². The van der Waals surface area contributed by atoms with Crippen molar-refractivity contribution in [3.8, 4) is 17.0 Å². The van der Waals surface area contributed by atoms with Gasteiger partial charge in [-0.05, 0) is 53.3 Å². The van der Waals surface area contributed by atoms with Crippen LogP contribution in [-0.2, 0) is 23.0 Å². The predicted octanol–water partition coefficient (Wildman–Crippen LogP) is 7.22. The lowest BCUT2D eigenvalue weighted by Crippen LogP contribution is -2.40. The van der Waals surface area contributed by atoms with Crippen molar-refractivity contribution in [2.24, 2.45) is 0 Å². The van der Waals surface area contributed by atoms with E-state index in [2.05, 4.69) is 10.0 Å². The summed E-state index contributed by atoms with van der Waals surface area (Å²) in [4.78, 5) is 13.5. The lowest BCUT2D eigenvalue weighted by atomic mass is 10.0. The molecule has 0 saturated carbocycles. The average Bonchev–Trinajstić information content (AvgIpc) is 3.56. The first-order valence-electron chi connectivity index (χ1n) is 13.9. The van der Waals surface area contributed by atoms with Crippen molar-refractivity contribution < 1.29 is 22.7 Å². The molecule has 0 atom stereocenters. The first kappa shape index (κ1) is 29.0. The average molecular weight is 624 g/mol. The van der Waals surface area contributed by atoms with Crippen LogP contribution in [0, 0.1) is 0 Å². The predicted molar refractivity (Wildman–Crippen MR) is 174 cm³/mol. The summed E-state index contributed by atoms with van der Waals surface area (Å²) in [6.07, 6.45) is 2.25. The van der Waals surface area contributed by atoms with Crippen LogP contribution in [0.3, 0.4) is 0 Å². The number of benzene rings is 4. The molecule has 2 heterocycles. The van der Waals surface area contributed by atoms with Gasteiger partial charge in [-0.3, -0.25) is 0 Å². The number of nitrogens with one attached hydrogen (secondary N) is 2. The fraction of sp³-hybridized carbons (Fsp3) is 0.0882. The molecule has 0 aliphatic rings. The van der Waals surface area contributed by atoms with Gasteiger partial charge < -0.3 is 19.4 Å². The van der Waals surface area contributed by atoms with Gasteiger partial charge in [0, 0.05) is 27.8 Å². The number of carbonyl (C=O) groups excluding carboxylic acids is 1. The number of thiophene rings is 1. The van der Waals surface area contributed by atoms with Gasteiger partial charge in [0.2, 0.25) is 0 Å². The second-order valence-electron chi connectivity index (χ2n) is 10.1. The van der Waals surface area contributed by atoms with Crippen molar-refractivity contribution in [3.05, 3.63) is 131 Å². The molecule has 6 rings (SSSR count). The van der Waals surface area contributed by atoms with E-state index in [1.807, 2.05) is 90.3 Å². The lowest BCUT2D eigenvalue weighted by Gasteiger charge is -2.15. The standard InChI is InChI=1S/C34H29N3O5S2/c38-33-29-11-2-1-8-26(29)23-42-31-13-5-4-12-30(31)37(33)22-24-15-17-25(18-16-24)28-10-3-6-14-32(28)44(40,41)36-34(39)35-20-19-27-9-7-21-43-27/h1-18,21,23,38H,19-20,22H2,(H2,35,36,39). The Morgan fingerprint density at radius 2 is 1.61 bits per heavy atom. The van der Waals surface area contributed by atoms with E-state index in [-0.39, 0.29) is 10.8 Å². The van der Waals surface area contributed by atoms with E-state index >= 15 is 0 Å². The van der Waals surface area contributed by atoms with Crippen molar-refractivity contribution in [1.29, 1.82) is 0 Å². The number of urea groups is 1. The maximum absolute atomic E-state index is 13.3. The SMILES string of the molecule is O=C(NCCc1cccs1)NS(=O)(=O)c1ccccc1-c1ccc(Cn2c(O)c3ccccc3coc3ccccc32)cc1. The quantitative estimate of drug-likeness (QED) is 0.166. The molecule has 8 nitrogen and oxygen atoms in total. The first-order chi connectivity index (χ1) is 21.4. The Labute approximate surface area is 258 Å². The van der Waals surface area contributed by atoms with E-state index in [4.69, 9.17) is 4.42 Å². The third kappa shape index (κ3) is 6.31. The molecule has 0 radical (unpaired) electrons. The molecular formula is C34H29N3O5S2. The maximum atomic E-state index is 13.3. The summed E-state index contributed by atoms with van der Waals surface area (Å²) in [6, 6.07) is 32.0. The molecule has 44 heavy (non-hydrogen) atoms. The molecule has 0 fully saturated rings. The molecule has 0 aliphatic carbocycles. The molecule has 6 aromatic rings. The minimum Gasteiger partial charge on any atom is -0.494 e. The molecule has 222 valence electrons. The van der Waals surface area contributed by atoms with Gasteiger partial charge in [0.15, 0.2) is 5.88 Å². The molecule has 4 aromatic carbocycles. The number of rotatable bonds is 8. The maximum Gasteiger partial charge on any atom is 0.328 e. The van der Waals surface area contributed by atoms with Crippen LogP contribution >= 0.6 is 11.3 Å². The number of amides is 2. The molecule has 0 spiro atoms. The van der Waals surface area contributed by atoms with E-state index < -0.39 is 16.1 Å². The number of fused-ring (bicyclic) bond motifs is 2. The number of nitrogens with zero attached hydrogens (tertiary/aromatic N) is 1. The topological polar surface area (TPSA) is 114 Å². The number of carbonyl (C=O) groups is 1. The largest absolute Gasteiger partial charge is 0.494 e.